The maximum atomic E-state index is 13.5. The lowest BCUT2D eigenvalue weighted by molar-refractivity contribution is -0.126. The highest BCUT2D eigenvalue weighted by Gasteiger charge is 2.37. The van der Waals surface area contributed by atoms with Gasteiger partial charge in [0.2, 0.25) is 5.91 Å². The van der Waals surface area contributed by atoms with E-state index >= 15 is 0 Å². The molecule has 1 aliphatic heterocycles. The molecule has 5 heteroatoms. The van der Waals surface area contributed by atoms with Crippen molar-refractivity contribution in [1.29, 1.82) is 0 Å². The first-order valence-electron chi connectivity index (χ1n) is 6.98. The lowest BCUT2D eigenvalue weighted by Crippen LogP contribution is -2.43. The highest BCUT2D eigenvalue weighted by Crippen LogP contribution is 2.22. The van der Waals surface area contributed by atoms with Gasteiger partial charge in [-0.15, -0.1) is 0 Å². The standard InChI is InChI=1S/C16H21FN2O2/c1-18(2)11-16(21)9-10-19(12-16)15(20)8-7-13-5-3-4-6-14(13)17/h3-8,21H,9-12H2,1-2H3/b8-7+/t16-/m0/s1. The number of nitrogens with zero attached hydrogens (tertiary/aromatic N) is 2. The van der Waals surface area contributed by atoms with Crippen molar-refractivity contribution in [1.82, 2.24) is 9.80 Å². The van der Waals surface area contributed by atoms with Gasteiger partial charge in [-0.25, -0.2) is 4.39 Å². The molecule has 1 aliphatic rings. The van der Waals surface area contributed by atoms with Gasteiger partial charge in [-0.05, 0) is 32.7 Å². The molecule has 0 spiro atoms. The average molecular weight is 292 g/mol. The number of likely N-dealkylation sites (N-methyl/N-ethyl adjacent to an activating group) is 1. The van der Waals surface area contributed by atoms with Crippen LogP contribution in [0.1, 0.15) is 12.0 Å². The summed E-state index contributed by atoms with van der Waals surface area (Å²) in [5, 5.41) is 10.4. The second-order valence-corrected chi connectivity index (χ2v) is 5.83. The minimum atomic E-state index is -0.856. The molecule has 0 radical (unpaired) electrons. The van der Waals surface area contributed by atoms with Gasteiger partial charge < -0.3 is 14.9 Å². The smallest absolute Gasteiger partial charge is 0.246 e. The second-order valence-electron chi connectivity index (χ2n) is 5.83. The van der Waals surface area contributed by atoms with Crippen molar-refractivity contribution in [2.24, 2.45) is 0 Å². The van der Waals surface area contributed by atoms with Crippen LogP contribution in [0.3, 0.4) is 0 Å². The van der Waals surface area contributed by atoms with Gasteiger partial charge in [0, 0.05) is 24.7 Å². The van der Waals surface area contributed by atoms with E-state index in [0.29, 0.717) is 31.6 Å². The number of carbonyl (C=O) groups is 1. The van der Waals surface area contributed by atoms with E-state index in [4.69, 9.17) is 0 Å². The molecule has 1 heterocycles. The largest absolute Gasteiger partial charge is 0.387 e. The van der Waals surface area contributed by atoms with Crippen LogP contribution >= 0.6 is 0 Å². The summed E-state index contributed by atoms with van der Waals surface area (Å²) < 4.78 is 13.5. The van der Waals surface area contributed by atoms with Crippen LogP contribution in [-0.4, -0.2) is 60.1 Å². The normalized spacial score (nSPS) is 22.4. The average Bonchev–Trinajstić information content (AvgIpc) is 2.79. The van der Waals surface area contributed by atoms with Gasteiger partial charge >= 0.3 is 0 Å². The Morgan fingerprint density at radius 1 is 1.48 bits per heavy atom. The predicted octanol–water partition coefficient (Wildman–Crippen LogP) is 1.36. The third-order valence-electron chi connectivity index (χ3n) is 3.57. The zero-order valence-electron chi connectivity index (χ0n) is 12.4. The maximum Gasteiger partial charge on any atom is 0.246 e. The third kappa shape index (κ3) is 4.12. The fourth-order valence-electron chi connectivity index (χ4n) is 2.64. The summed E-state index contributed by atoms with van der Waals surface area (Å²) in [7, 11) is 3.78. The Morgan fingerprint density at radius 2 is 2.19 bits per heavy atom. The molecule has 1 atom stereocenters. The van der Waals surface area contributed by atoms with Crippen LogP contribution in [0.2, 0.25) is 0 Å². The topological polar surface area (TPSA) is 43.8 Å². The number of amides is 1. The summed E-state index contributed by atoms with van der Waals surface area (Å²) in [6, 6.07) is 6.30. The van der Waals surface area contributed by atoms with E-state index in [9.17, 15) is 14.3 Å². The van der Waals surface area contributed by atoms with Gasteiger partial charge in [0.15, 0.2) is 0 Å². The molecule has 2 rings (SSSR count). The minimum absolute atomic E-state index is 0.201. The first-order valence-corrected chi connectivity index (χ1v) is 6.98. The molecule has 1 aromatic carbocycles. The Kier molecular flexibility index (Phi) is 4.75. The molecule has 0 saturated carbocycles. The van der Waals surface area contributed by atoms with Gasteiger partial charge in [0.25, 0.3) is 0 Å². The van der Waals surface area contributed by atoms with Crippen LogP contribution in [0, 0.1) is 5.82 Å². The molecule has 1 aromatic rings. The van der Waals surface area contributed by atoms with Crippen molar-refractivity contribution < 1.29 is 14.3 Å². The molecule has 1 amide bonds. The zero-order valence-corrected chi connectivity index (χ0v) is 12.4. The third-order valence-corrected chi connectivity index (χ3v) is 3.57. The molecule has 21 heavy (non-hydrogen) atoms. The highest BCUT2D eigenvalue weighted by atomic mass is 19.1. The van der Waals surface area contributed by atoms with Crippen LogP contribution in [0.4, 0.5) is 4.39 Å². The zero-order chi connectivity index (χ0) is 15.5. The lowest BCUT2D eigenvalue weighted by atomic mass is 10.0. The summed E-state index contributed by atoms with van der Waals surface area (Å²) in [4.78, 5) is 15.6. The Balaban J connectivity index is 1.98. The number of rotatable bonds is 4. The number of benzene rings is 1. The molecule has 1 saturated heterocycles. The monoisotopic (exact) mass is 292 g/mol. The van der Waals surface area contributed by atoms with E-state index in [-0.39, 0.29) is 11.7 Å². The summed E-state index contributed by atoms with van der Waals surface area (Å²) in [5.74, 6) is -0.556. The van der Waals surface area contributed by atoms with Gasteiger partial charge in [-0.1, -0.05) is 18.2 Å². The summed E-state index contributed by atoms with van der Waals surface area (Å²) in [5.41, 5.74) is -0.473. The molecule has 0 aliphatic carbocycles. The van der Waals surface area contributed by atoms with Crippen molar-refractivity contribution >= 4 is 12.0 Å². The first-order chi connectivity index (χ1) is 9.89. The van der Waals surface area contributed by atoms with E-state index in [1.54, 1.807) is 23.1 Å². The number of halogens is 1. The van der Waals surface area contributed by atoms with Gasteiger partial charge in [0.1, 0.15) is 5.82 Å². The van der Waals surface area contributed by atoms with Crippen molar-refractivity contribution in [3.63, 3.8) is 0 Å². The molecule has 0 bridgehead atoms. The Morgan fingerprint density at radius 3 is 2.86 bits per heavy atom. The quantitative estimate of drug-likeness (QED) is 0.852. The molecule has 114 valence electrons. The minimum Gasteiger partial charge on any atom is -0.387 e. The highest BCUT2D eigenvalue weighted by molar-refractivity contribution is 5.92. The number of likely N-dealkylation sites (tertiary alicyclic amines) is 1. The Bertz CT molecular complexity index is 545. The second kappa shape index (κ2) is 6.37. The van der Waals surface area contributed by atoms with E-state index in [0.717, 1.165) is 0 Å². The predicted molar refractivity (Wildman–Crippen MR) is 80.1 cm³/mol. The summed E-state index contributed by atoms with van der Waals surface area (Å²) in [6.45, 7) is 1.35. The number of hydrogen-bond donors (Lipinski definition) is 1. The molecular weight excluding hydrogens is 271 g/mol. The number of carbonyl (C=O) groups excluding carboxylic acids is 1. The molecule has 1 N–H and O–H groups in total. The SMILES string of the molecule is CN(C)C[C@@]1(O)CCN(C(=O)/C=C/c2ccccc2F)C1. The van der Waals surface area contributed by atoms with Crippen LogP contribution in [0.5, 0.6) is 0 Å². The molecule has 4 nitrogen and oxygen atoms in total. The lowest BCUT2D eigenvalue weighted by Gasteiger charge is -2.26. The number of hydrogen-bond acceptors (Lipinski definition) is 3. The fraction of sp³-hybridized carbons (Fsp3) is 0.438. The number of β-amino-alcohol motifs (C(OH)–C–C–N with tert-alkyl or cyclic N) is 1. The Hall–Kier alpha value is -1.72. The van der Waals surface area contributed by atoms with Crippen LogP contribution in [0.25, 0.3) is 6.08 Å². The molecule has 0 aromatic heterocycles. The van der Waals surface area contributed by atoms with Crippen LogP contribution < -0.4 is 0 Å². The van der Waals surface area contributed by atoms with E-state index in [2.05, 4.69) is 0 Å². The van der Waals surface area contributed by atoms with Crippen molar-refractivity contribution in [3.05, 3.63) is 41.7 Å². The van der Waals surface area contributed by atoms with Crippen LogP contribution in [-0.2, 0) is 4.79 Å². The van der Waals surface area contributed by atoms with Crippen molar-refractivity contribution in [3.8, 4) is 0 Å². The fourth-order valence-corrected chi connectivity index (χ4v) is 2.64. The van der Waals surface area contributed by atoms with Crippen molar-refractivity contribution in [2.75, 3.05) is 33.7 Å². The number of aliphatic hydroxyl groups is 1. The van der Waals surface area contributed by atoms with E-state index < -0.39 is 5.60 Å². The molecular formula is C16H21FN2O2. The maximum absolute atomic E-state index is 13.5. The van der Waals surface area contributed by atoms with Gasteiger partial charge in [-0.2, -0.15) is 0 Å². The summed E-state index contributed by atoms with van der Waals surface area (Å²) in [6.07, 6.45) is 3.39. The Labute approximate surface area is 124 Å². The van der Waals surface area contributed by atoms with E-state index in [1.165, 1.54) is 18.2 Å². The van der Waals surface area contributed by atoms with E-state index in [1.807, 2.05) is 19.0 Å². The van der Waals surface area contributed by atoms with Crippen LogP contribution in [0.15, 0.2) is 30.3 Å². The van der Waals surface area contributed by atoms with Crippen molar-refractivity contribution in [2.45, 2.75) is 12.0 Å². The molecule has 1 fully saturated rings. The van der Waals surface area contributed by atoms with Gasteiger partial charge in [0.05, 0.1) is 12.1 Å². The first kappa shape index (κ1) is 15.7. The van der Waals surface area contributed by atoms with Gasteiger partial charge in [-0.3, -0.25) is 4.79 Å². The summed E-state index contributed by atoms with van der Waals surface area (Å²) >= 11 is 0. The molecule has 0 unspecified atom stereocenters.